The van der Waals surface area contributed by atoms with Gasteiger partial charge in [-0.15, -0.1) is 0 Å². The predicted molar refractivity (Wildman–Crippen MR) is 113 cm³/mol. The van der Waals surface area contributed by atoms with Gasteiger partial charge in [0.25, 0.3) is 0 Å². The molecule has 7 heteroatoms. The standard InChI is InChI=1S/C22H25ClN2O3S/c1-24(29(27,28)19-13-9-17(23)10-14-19)15-22(26)25(18-11-12-18)21-8-4-6-16-5-2-3-7-20(16)21/h2-3,5,7,9-10,13-14,18,21H,4,6,8,11-12,15H2,1H3/t21-/m0/s1. The lowest BCUT2D eigenvalue weighted by Crippen LogP contribution is -2.44. The third kappa shape index (κ3) is 4.20. The van der Waals surface area contributed by atoms with E-state index in [0.29, 0.717) is 5.02 Å². The summed E-state index contributed by atoms with van der Waals surface area (Å²) in [7, 11) is -2.29. The molecule has 0 aliphatic heterocycles. The summed E-state index contributed by atoms with van der Waals surface area (Å²) in [5, 5.41) is 0.471. The minimum atomic E-state index is -3.75. The average molecular weight is 433 g/mol. The van der Waals surface area contributed by atoms with Crippen LogP contribution < -0.4 is 0 Å². The van der Waals surface area contributed by atoms with Gasteiger partial charge in [0.1, 0.15) is 0 Å². The molecule has 0 saturated heterocycles. The zero-order valence-corrected chi connectivity index (χ0v) is 18.0. The van der Waals surface area contributed by atoms with Crippen LogP contribution in [0.25, 0.3) is 0 Å². The van der Waals surface area contributed by atoms with Crippen molar-refractivity contribution in [3.8, 4) is 0 Å². The summed E-state index contributed by atoms with van der Waals surface area (Å²) in [6, 6.07) is 14.6. The summed E-state index contributed by atoms with van der Waals surface area (Å²) in [6.45, 7) is -0.167. The van der Waals surface area contributed by atoms with Gasteiger partial charge in [0.2, 0.25) is 15.9 Å². The quantitative estimate of drug-likeness (QED) is 0.692. The van der Waals surface area contributed by atoms with Crippen LogP contribution in [0.2, 0.25) is 5.02 Å². The second kappa shape index (κ2) is 8.09. The Labute approximate surface area is 177 Å². The minimum Gasteiger partial charge on any atom is -0.332 e. The number of rotatable bonds is 6. The fourth-order valence-corrected chi connectivity index (χ4v) is 5.39. The number of hydrogen-bond donors (Lipinski definition) is 0. The highest BCUT2D eigenvalue weighted by Gasteiger charge is 2.40. The number of likely N-dealkylation sites (N-methyl/N-ethyl adjacent to an activating group) is 1. The molecule has 1 amide bonds. The molecule has 2 aromatic rings. The molecule has 1 atom stereocenters. The van der Waals surface area contributed by atoms with E-state index < -0.39 is 10.0 Å². The number of benzene rings is 2. The van der Waals surface area contributed by atoms with Crippen molar-refractivity contribution in [2.24, 2.45) is 0 Å². The molecule has 154 valence electrons. The minimum absolute atomic E-state index is 0.0339. The van der Waals surface area contributed by atoms with Gasteiger partial charge in [-0.2, -0.15) is 4.31 Å². The van der Waals surface area contributed by atoms with E-state index in [-0.39, 0.29) is 29.4 Å². The van der Waals surface area contributed by atoms with E-state index in [1.807, 2.05) is 17.0 Å². The highest BCUT2D eigenvalue weighted by molar-refractivity contribution is 7.89. The maximum absolute atomic E-state index is 13.3. The van der Waals surface area contributed by atoms with Gasteiger partial charge in [-0.05, 0) is 67.5 Å². The number of hydrogen-bond acceptors (Lipinski definition) is 3. The summed E-state index contributed by atoms with van der Waals surface area (Å²) < 4.78 is 26.9. The predicted octanol–water partition coefficient (Wildman–Crippen LogP) is 4.03. The third-order valence-corrected chi connectivity index (χ3v) is 7.85. The topological polar surface area (TPSA) is 57.7 Å². The van der Waals surface area contributed by atoms with Crippen molar-refractivity contribution < 1.29 is 13.2 Å². The van der Waals surface area contributed by atoms with E-state index in [2.05, 4.69) is 12.1 Å². The summed E-state index contributed by atoms with van der Waals surface area (Å²) in [4.78, 5) is 15.4. The van der Waals surface area contributed by atoms with Crippen LogP contribution in [0.3, 0.4) is 0 Å². The van der Waals surface area contributed by atoms with Crippen molar-refractivity contribution in [2.45, 2.75) is 49.1 Å². The molecule has 1 fully saturated rings. The Balaban J connectivity index is 1.55. The van der Waals surface area contributed by atoms with Gasteiger partial charge in [0.05, 0.1) is 17.5 Å². The molecule has 0 unspecified atom stereocenters. The summed E-state index contributed by atoms with van der Waals surface area (Å²) in [5.74, 6) is -0.130. The summed E-state index contributed by atoms with van der Waals surface area (Å²) >= 11 is 5.87. The van der Waals surface area contributed by atoms with Crippen LogP contribution in [0.5, 0.6) is 0 Å². The largest absolute Gasteiger partial charge is 0.332 e. The molecule has 4 rings (SSSR count). The number of halogens is 1. The van der Waals surface area contributed by atoms with E-state index in [4.69, 9.17) is 11.6 Å². The Bertz CT molecular complexity index is 1000. The Morgan fingerprint density at radius 1 is 1.07 bits per heavy atom. The molecule has 0 bridgehead atoms. The second-order valence-electron chi connectivity index (χ2n) is 7.85. The van der Waals surface area contributed by atoms with Gasteiger partial charge in [-0.25, -0.2) is 8.42 Å². The Morgan fingerprint density at radius 3 is 2.45 bits per heavy atom. The number of amides is 1. The zero-order chi connectivity index (χ0) is 20.6. The van der Waals surface area contributed by atoms with Crippen LogP contribution in [0.1, 0.15) is 42.9 Å². The van der Waals surface area contributed by atoms with Gasteiger partial charge in [0, 0.05) is 18.1 Å². The van der Waals surface area contributed by atoms with Crippen LogP contribution in [-0.4, -0.2) is 43.2 Å². The van der Waals surface area contributed by atoms with Crippen LogP contribution in [0.15, 0.2) is 53.4 Å². The zero-order valence-electron chi connectivity index (χ0n) is 16.4. The molecule has 0 radical (unpaired) electrons. The molecule has 1 saturated carbocycles. The molecule has 0 N–H and O–H groups in total. The Kier molecular flexibility index (Phi) is 5.69. The monoisotopic (exact) mass is 432 g/mol. The molecular formula is C22H25ClN2O3S. The molecule has 5 nitrogen and oxygen atoms in total. The maximum Gasteiger partial charge on any atom is 0.243 e. The Hall–Kier alpha value is -1.89. The van der Waals surface area contributed by atoms with Crippen molar-refractivity contribution in [2.75, 3.05) is 13.6 Å². The van der Waals surface area contributed by atoms with E-state index in [0.717, 1.165) is 36.4 Å². The highest BCUT2D eigenvalue weighted by atomic mass is 35.5. The first-order valence-corrected chi connectivity index (χ1v) is 11.8. The number of carbonyl (C=O) groups excluding carboxylic acids is 1. The van der Waals surface area contributed by atoms with Gasteiger partial charge >= 0.3 is 0 Å². The second-order valence-corrected chi connectivity index (χ2v) is 10.3. The van der Waals surface area contributed by atoms with Crippen LogP contribution in [-0.2, 0) is 21.2 Å². The lowest BCUT2D eigenvalue weighted by Gasteiger charge is -2.37. The van der Waals surface area contributed by atoms with E-state index in [1.165, 1.54) is 30.3 Å². The molecule has 0 heterocycles. The van der Waals surface area contributed by atoms with Gasteiger partial charge < -0.3 is 4.90 Å². The first kappa shape index (κ1) is 20.4. The van der Waals surface area contributed by atoms with Crippen molar-refractivity contribution in [3.05, 3.63) is 64.7 Å². The van der Waals surface area contributed by atoms with Gasteiger partial charge in [-0.1, -0.05) is 35.9 Å². The third-order valence-electron chi connectivity index (χ3n) is 5.78. The molecule has 2 aliphatic carbocycles. The normalized spacial score (nSPS) is 19.1. The summed E-state index contributed by atoms with van der Waals surface area (Å²) in [6.07, 6.45) is 4.96. The Morgan fingerprint density at radius 2 is 1.76 bits per heavy atom. The molecule has 2 aromatic carbocycles. The molecular weight excluding hydrogens is 408 g/mol. The average Bonchev–Trinajstić information content (AvgIpc) is 3.53. The smallest absolute Gasteiger partial charge is 0.243 e. The lowest BCUT2D eigenvalue weighted by atomic mass is 9.86. The van der Waals surface area contributed by atoms with Crippen molar-refractivity contribution in [1.29, 1.82) is 0 Å². The van der Waals surface area contributed by atoms with E-state index in [1.54, 1.807) is 12.1 Å². The van der Waals surface area contributed by atoms with Crippen LogP contribution in [0.4, 0.5) is 0 Å². The molecule has 0 aromatic heterocycles. The van der Waals surface area contributed by atoms with Crippen LogP contribution in [0, 0.1) is 0 Å². The number of aryl methyl sites for hydroxylation is 1. The van der Waals surface area contributed by atoms with Gasteiger partial charge in [-0.3, -0.25) is 4.79 Å². The highest BCUT2D eigenvalue weighted by Crippen LogP contribution is 2.40. The van der Waals surface area contributed by atoms with E-state index in [9.17, 15) is 13.2 Å². The van der Waals surface area contributed by atoms with Crippen LogP contribution >= 0.6 is 11.6 Å². The first-order valence-electron chi connectivity index (χ1n) is 9.99. The fourth-order valence-electron chi connectivity index (χ4n) is 4.15. The summed E-state index contributed by atoms with van der Waals surface area (Å²) in [5.41, 5.74) is 2.51. The molecule has 29 heavy (non-hydrogen) atoms. The van der Waals surface area contributed by atoms with Crippen molar-refractivity contribution in [1.82, 2.24) is 9.21 Å². The first-order chi connectivity index (χ1) is 13.9. The number of fused-ring (bicyclic) bond motifs is 1. The lowest BCUT2D eigenvalue weighted by molar-refractivity contribution is -0.134. The fraction of sp³-hybridized carbons (Fsp3) is 0.409. The van der Waals surface area contributed by atoms with Crippen molar-refractivity contribution >= 4 is 27.5 Å². The van der Waals surface area contributed by atoms with Crippen molar-refractivity contribution in [3.63, 3.8) is 0 Å². The number of carbonyl (C=O) groups is 1. The SMILES string of the molecule is CN(CC(=O)N(C1CC1)[C@H]1CCCc2ccccc21)S(=O)(=O)c1ccc(Cl)cc1. The number of nitrogens with zero attached hydrogens (tertiary/aromatic N) is 2. The molecule has 0 spiro atoms. The van der Waals surface area contributed by atoms with Gasteiger partial charge in [0.15, 0.2) is 0 Å². The maximum atomic E-state index is 13.3. The van der Waals surface area contributed by atoms with E-state index >= 15 is 0 Å². The number of sulfonamides is 1. The molecule has 2 aliphatic rings.